The van der Waals surface area contributed by atoms with Gasteiger partial charge in [0, 0.05) is 17.5 Å². The fourth-order valence-corrected chi connectivity index (χ4v) is 4.46. The van der Waals surface area contributed by atoms with Crippen LogP contribution in [0, 0.1) is 5.92 Å². The van der Waals surface area contributed by atoms with Gasteiger partial charge in [-0.1, -0.05) is 54.9 Å². The Morgan fingerprint density at radius 2 is 1.76 bits per heavy atom. The minimum atomic E-state index is -4.52. The average Bonchev–Trinajstić information content (AvgIpc) is 3.33. The second-order valence-electron chi connectivity index (χ2n) is 7.43. The van der Waals surface area contributed by atoms with E-state index in [2.05, 4.69) is 26.2 Å². The molecule has 2 aromatic rings. The van der Waals surface area contributed by atoms with Crippen molar-refractivity contribution >= 4 is 44.6 Å². The van der Waals surface area contributed by atoms with Crippen molar-refractivity contribution in [2.45, 2.75) is 87.2 Å². The Labute approximate surface area is 233 Å². The van der Waals surface area contributed by atoms with Crippen molar-refractivity contribution in [3.05, 3.63) is 56.0 Å². The van der Waals surface area contributed by atoms with Crippen LogP contribution < -0.4 is 5.32 Å². The predicted molar refractivity (Wildman–Crippen MR) is 155 cm³/mol. The van der Waals surface area contributed by atoms with E-state index in [0.29, 0.717) is 22.6 Å². The molecule has 2 aromatic heterocycles. The molecule has 1 aliphatic rings. The largest absolute Gasteiger partial charge is 0.433 e. The highest BCUT2D eigenvalue weighted by Crippen LogP contribution is 2.33. The third kappa shape index (κ3) is 11.1. The molecule has 9 heteroatoms. The van der Waals surface area contributed by atoms with Gasteiger partial charge in [-0.25, -0.2) is 0 Å². The maximum atomic E-state index is 13.2. The number of alkyl halides is 3. The van der Waals surface area contributed by atoms with Gasteiger partial charge in [0.1, 0.15) is 5.69 Å². The minimum absolute atomic E-state index is 0.191. The topological polar surface area (TPSA) is 54.4 Å². The first kappa shape index (κ1) is 35.0. The molecule has 1 amide bonds. The maximum absolute atomic E-state index is 13.2. The molecule has 4 nitrogen and oxygen atoms in total. The molecular weight excluding hydrogens is 563 g/mol. The molecule has 2 heterocycles. The fourth-order valence-electron chi connectivity index (χ4n) is 3.16. The molecule has 0 bridgehead atoms. The SMILES string of the molecule is CC.CC.CC.CC/C(C)=C(\N=C(CNC(=O)c1ccc(Br)s1)C1CCC1)c1ccnc(C(F)(F)F)c1. The van der Waals surface area contributed by atoms with Crippen LogP contribution in [0.5, 0.6) is 0 Å². The van der Waals surface area contributed by atoms with Crippen LogP contribution in [-0.4, -0.2) is 23.1 Å². The molecule has 0 aromatic carbocycles. The molecule has 1 N–H and O–H groups in total. The quantitative estimate of drug-likeness (QED) is 0.320. The summed E-state index contributed by atoms with van der Waals surface area (Å²) in [7, 11) is 0. The third-order valence-electron chi connectivity index (χ3n) is 5.32. The molecule has 0 radical (unpaired) electrons. The van der Waals surface area contributed by atoms with Gasteiger partial charge in [0.05, 0.1) is 20.9 Å². The van der Waals surface area contributed by atoms with Crippen molar-refractivity contribution in [3.8, 4) is 0 Å². The summed E-state index contributed by atoms with van der Waals surface area (Å²) < 4.78 is 40.4. The Morgan fingerprint density at radius 1 is 1.14 bits per heavy atom. The first-order valence-corrected chi connectivity index (χ1v) is 14.6. The van der Waals surface area contributed by atoms with E-state index in [1.54, 1.807) is 12.1 Å². The van der Waals surface area contributed by atoms with Crippen LogP contribution in [-0.2, 0) is 6.18 Å². The van der Waals surface area contributed by atoms with E-state index in [0.717, 1.165) is 46.6 Å². The molecule has 1 saturated carbocycles. The zero-order chi connectivity index (χ0) is 28.6. The van der Waals surface area contributed by atoms with Crippen LogP contribution >= 0.6 is 27.3 Å². The van der Waals surface area contributed by atoms with E-state index < -0.39 is 11.9 Å². The van der Waals surface area contributed by atoms with Crippen LogP contribution in [0.2, 0.25) is 0 Å². The van der Waals surface area contributed by atoms with Gasteiger partial charge < -0.3 is 5.32 Å². The second-order valence-corrected chi connectivity index (χ2v) is 9.89. The monoisotopic (exact) mass is 603 g/mol. The number of pyridine rings is 1. The van der Waals surface area contributed by atoms with Crippen LogP contribution in [0.4, 0.5) is 13.2 Å². The lowest BCUT2D eigenvalue weighted by atomic mass is 9.81. The fraction of sp³-hybridized carbons (Fsp3) is 0.536. The molecule has 208 valence electrons. The van der Waals surface area contributed by atoms with E-state index in [9.17, 15) is 18.0 Å². The van der Waals surface area contributed by atoms with Crippen molar-refractivity contribution < 1.29 is 18.0 Å². The first-order valence-electron chi connectivity index (χ1n) is 13.0. The summed E-state index contributed by atoms with van der Waals surface area (Å²) in [6.45, 7) is 16.1. The molecule has 1 fully saturated rings. The normalized spacial score (nSPS) is 13.9. The number of carbonyl (C=O) groups is 1. The Kier molecular flexibility index (Phi) is 17.3. The lowest BCUT2D eigenvalue weighted by molar-refractivity contribution is -0.141. The summed E-state index contributed by atoms with van der Waals surface area (Å²) in [6, 6.07) is 6.14. The highest BCUT2D eigenvalue weighted by molar-refractivity contribution is 9.11. The van der Waals surface area contributed by atoms with Gasteiger partial charge in [-0.05, 0) is 77.9 Å². The predicted octanol–water partition coefficient (Wildman–Crippen LogP) is 9.82. The Bertz CT molecular complexity index is 1010. The molecule has 3 rings (SSSR count). The van der Waals surface area contributed by atoms with Crippen LogP contribution in [0.3, 0.4) is 0 Å². The van der Waals surface area contributed by atoms with E-state index in [4.69, 9.17) is 4.99 Å². The minimum Gasteiger partial charge on any atom is -0.346 e. The standard InChI is InChI=1S/C22H23BrF3N3OS.3C2H6/c1-3-13(2)20(15-9-10-27-18(11-15)22(24,25)26)29-16(14-5-4-6-14)12-28-21(30)17-7-8-19(23)31-17;3*1-2/h7-11,14H,3-6,12H2,1-2H3,(H,28,30);3*1-2H3/b20-13-,29-16?;;;. The second kappa shape index (κ2) is 18.3. The van der Waals surface area contributed by atoms with Crippen molar-refractivity contribution in [2.24, 2.45) is 10.9 Å². The number of hydrogen-bond donors (Lipinski definition) is 1. The number of carbonyl (C=O) groups excluding carboxylic acids is 1. The lowest BCUT2D eigenvalue weighted by Gasteiger charge is -2.28. The summed E-state index contributed by atoms with van der Waals surface area (Å²) >= 11 is 4.69. The number of aliphatic imine (C=N–C) groups is 1. The summed E-state index contributed by atoms with van der Waals surface area (Å²) in [5, 5.41) is 2.92. The van der Waals surface area contributed by atoms with E-state index in [-0.39, 0.29) is 18.4 Å². The molecule has 0 spiro atoms. The van der Waals surface area contributed by atoms with Crippen molar-refractivity contribution in [3.63, 3.8) is 0 Å². The number of nitrogens with zero attached hydrogens (tertiary/aromatic N) is 2. The molecule has 0 unspecified atom stereocenters. The number of allylic oxidation sites excluding steroid dienone is 1. The highest BCUT2D eigenvalue weighted by atomic mass is 79.9. The number of aromatic nitrogens is 1. The van der Waals surface area contributed by atoms with Crippen molar-refractivity contribution in [1.29, 1.82) is 0 Å². The van der Waals surface area contributed by atoms with Gasteiger partial charge >= 0.3 is 6.18 Å². The number of amides is 1. The van der Waals surface area contributed by atoms with Gasteiger partial charge in [-0.3, -0.25) is 14.8 Å². The summed E-state index contributed by atoms with van der Waals surface area (Å²) in [5.41, 5.74) is 1.63. The van der Waals surface area contributed by atoms with Gasteiger partial charge in [-0.2, -0.15) is 13.2 Å². The zero-order valence-corrected chi connectivity index (χ0v) is 25.6. The van der Waals surface area contributed by atoms with Crippen molar-refractivity contribution in [2.75, 3.05) is 6.54 Å². The summed E-state index contributed by atoms with van der Waals surface area (Å²) in [6.07, 6.45) is 0.287. The Hall–Kier alpha value is -2.00. The Balaban J connectivity index is 0.00000201. The number of thiophene rings is 1. The first-order chi connectivity index (χ1) is 17.7. The van der Waals surface area contributed by atoms with Gasteiger partial charge in [-0.15, -0.1) is 11.3 Å². The maximum Gasteiger partial charge on any atom is 0.433 e. The summed E-state index contributed by atoms with van der Waals surface area (Å²) in [4.78, 5) is 21.3. The molecule has 0 saturated heterocycles. The van der Waals surface area contributed by atoms with Crippen LogP contribution in [0.1, 0.15) is 102 Å². The van der Waals surface area contributed by atoms with Gasteiger partial charge in [0.15, 0.2) is 0 Å². The number of hydrogen-bond acceptors (Lipinski definition) is 4. The zero-order valence-electron chi connectivity index (χ0n) is 23.2. The number of nitrogens with one attached hydrogen (secondary N) is 1. The smallest absolute Gasteiger partial charge is 0.346 e. The number of halogens is 4. The van der Waals surface area contributed by atoms with E-state index in [1.807, 2.05) is 61.5 Å². The molecule has 1 aliphatic carbocycles. The van der Waals surface area contributed by atoms with Crippen LogP contribution in [0.15, 0.2) is 44.8 Å². The molecule has 0 aliphatic heterocycles. The molecule has 0 atom stereocenters. The van der Waals surface area contributed by atoms with Crippen LogP contribution in [0.25, 0.3) is 5.70 Å². The highest BCUT2D eigenvalue weighted by Gasteiger charge is 2.33. The average molecular weight is 605 g/mol. The Morgan fingerprint density at radius 3 is 2.22 bits per heavy atom. The van der Waals surface area contributed by atoms with Gasteiger partial charge in [0.2, 0.25) is 0 Å². The molecular formula is C28H41BrF3N3OS. The summed E-state index contributed by atoms with van der Waals surface area (Å²) in [5.74, 6) is 0.0303. The van der Waals surface area contributed by atoms with Crippen molar-refractivity contribution in [1.82, 2.24) is 10.3 Å². The van der Waals surface area contributed by atoms with Gasteiger partial charge in [0.25, 0.3) is 5.91 Å². The van der Waals surface area contributed by atoms with E-state index in [1.165, 1.54) is 11.3 Å². The van der Waals surface area contributed by atoms with E-state index >= 15 is 0 Å². The number of rotatable bonds is 7. The third-order valence-corrected chi connectivity index (χ3v) is 6.94. The molecule has 37 heavy (non-hydrogen) atoms. The lowest BCUT2D eigenvalue weighted by Crippen LogP contribution is -2.35.